The fraction of sp³-hybridized carbons (Fsp3) is 1.00. The predicted molar refractivity (Wildman–Crippen MR) is 59.0 cm³/mol. The molecule has 1 heterocycles. The lowest BCUT2D eigenvalue weighted by atomic mass is 10.0. The van der Waals surface area contributed by atoms with Crippen LogP contribution in [-0.2, 0) is 0 Å². The molecule has 0 aromatic rings. The summed E-state index contributed by atoms with van der Waals surface area (Å²) in [4.78, 5) is 2.57. The molecule has 1 fully saturated rings. The molecular weight excluding hydrogens is 158 g/mol. The van der Waals surface area contributed by atoms with E-state index in [9.17, 15) is 0 Å². The number of hydrogen-bond donors (Lipinski definition) is 0. The molecule has 0 bridgehead atoms. The van der Waals surface area contributed by atoms with Crippen molar-refractivity contribution < 1.29 is 0 Å². The summed E-state index contributed by atoms with van der Waals surface area (Å²) < 4.78 is 0. The van der Waals surface area contributed by atoms with Gasteiger partial charge in [-0.3, -0.25) is 4.90 Å². The van der Waals surface area contributed by atoms with Gasteiger partial charge in [-0.25, -0.2) is 0 Å². The second-order valence-corrected chi connectivity index (χ2v) is 4.76. The topological polar surface area (TPSA) is 3.01 Å². The summed E-state index contributed by atoms with van der Waals surface area (Å²) in [6.45, 7) is 9.69. The molecule has 1 saturated heterocycles. The summed E-state index contributed by atoms with van der Waals surface area (Å²) in [6, 6.07) is 0.887. The van der Waals surface area contributed by atoms with Gasteiger partial charge in [0.25, 0.3) is 0 Å². The molecule has 1 rings (SSSR count). The summed E-state index contributed by atoms with van der Waals surface area (Å²) in [5.41, 5.74) is 0. The van der Waals surface area contributed by atoms with Crippen molar-refractivity contribution in [1.82, 2.24) is 4.90 Å². The first-order chi connectivity index (χ1) is 6.24. The fourth-order valence-corrected chi connectivity index (χ4v) is 1.96. The summed E-state index contributed by atoms with van der Waals surface area (Å²) in [6.07, 6.45) is 7.10. The Labute approximate surface area is 83.5 Å². The van der Waals surface area contributed by atoms with Gasteiger partial charge in [-0.15, -0.1) is 0 Å². The maximum absolute atomic E-state index is 2.57. The lowest BCUT2D eigenvalue weighted by Gasteiger charge is -2.11. The molecular formula is C12H25N. The SMILES string of the molecule is CCCCCCC(C)CN1CC1C. The molecule has 0 radical (unpaired) electrons. The van der Waals surface area contributed by atoms with Crippen LogP contribution < -0.4 is 0 Å². The van der Waals surface area contributed by atoms with Gasteiger partial charge in [0, 0.05) is 19.1 Å². The summed E-state index contributed by atoms with van der Waals surface area (Å²) in [7, 11) is 0. The van der Waals surface area contributed by atoms with Gasteiger partial charge in [0.15, 0.2) is 0 Å². The van der Waals surface area contributed by atoms with Gasteiger partial charge in [0.2, 0.25) is 0 Å². The van der Waals surface area contributed by atoms with E-state index in [-0.39, 0.29) is 0 Å². The number of rotatable bonds is 7. The van der Waals surface area contributed by atoms with E-state index in [2.05, 4.69) is 25.7 Å². The molecule has 78 valence electrons. The van der Waals surface area contributed by atoms with Gasteiger partial charge in [-0.1, -0.05) is 39.5 Å². The molecule has 0 amide bonds. The highest BCUT2D eigenvalue weighted by Gasteiger charge is 2.29. The zero-order valence-corrected chi connectivity index (χ0v) is 9.55. The van der Waals surface area contributed by atoms with E-state index in [0.717, 1.165) is 12.0 Å². The normalized spacial score (nSPS) is 28.8. The Hall–Kier alpha value is -0.0400. The lowest BCUT2D eigenvalue weighted by molar-refractivity contribution is 0.381. The summed E-state index contributed by atoms with van der Waals surface area (Å²) >= 11 is 0. The van der Waals surface area contributed by atoms with Crippen LogP contribution in [0.1, 0.15) is 52.9 Å². The first-order valence-electron chi connectivity index (χ1n) is 5.98. The van der Waals surface area contributed by atoms with Crippen LogP contribution in [0.15, 0.2) is 0 Å². The molecule has 0 aromatic heterocycles. The van der Waals surface area contributed by atoms with Crippen molar-refractivity contribution in [3.05, 3.63) is 0 Å². The molecule has 1 aliphatic heterocycles. The third kappa shape index (κ3) is 4.66. The standard InChI is InChI=1S/C12H25N/c1-4-5-6-7-8-11(2)9-13-10-12(13)3/h11-12H,4-10H2,1-3H3. The highest BCUT2D eigenvalue weighted by atomic mass is 15.3. The zero-order chi connectivity index (χ0) is 9.68. The van der Waals surface area contributed by atoms with Crippen molar-refractivity contribution >= 4 is 0 Å². The van der Waals surface area contributed by atoms with E-state index in [1.165, 1.54) is 45.2 Å². The first kappa shape index (κ1) is 11.0. The molecule has 0 spiro atoms. The molecule has 0 N–H and O–H groups in total. The van der Waals surface area contributed by atoms with E-state index >= 15 is 0 Å². The maximum atomic E-state index is 2.57. The highest BCUT2D eigenvalue weighted by molar-refractivity contribution is 4.85. The summed E-state index contributed by atoms with van der Waals surface area (Å²) in [5, 5.41) is 0. The second kappa shape index (κ2) is 5.64. The molecule has 3 atom stereocenters. The maximum Gasteiger partial charge on any atom is 0.0195 e. The minimum Gasteiger partial charge on any atom is -0.298 e. The monoisotopic (exact) mass is 183 g/mol. The van der Waals surface area contributed by atoms with Crippen LogP contribution in [0.4, 0.5) is 0 Å². The zero-order valence-electron chi connectivity index (χ0n) is 9.55. The Bertz CT molecular complexity index is 133. The van der Waals surface area contributed by atoms with E-state index in [1.54, 1.807) is 0 Å². The Morgan fingerprint density at radius 2 is 2.00 bits per heavy atom. The van der Waals surface area contributed by atoms with Crippen molar-refractivity contribution in [2.75, 3.05) is 13.1 Å². The van der Waals surface area contributed by atoms with Gasteiger partial charge >= 0.3 is 0 Å². The van der Waals surface area contributed by atoms with Crippen molar-refractivity contribution in [3.8, 4) is 0 Å². The minimum absolute atomic E-state index is 0.887. The van der Waals surface area contributed by atoms with Crippen LogP contribution in [0.5, 0.6) is 0 Å². The Morgan fingerprint density at radius 1 is 1.31 bits per heavy atom. The molecule has 0 aliphatic carbocycles. The number of hydrogen-bond acceptors (Lipinski definition) is 1. The third-order valence-electron chi connectivity index (χ3n) is 3.09. The molecule has 1 aliphatic rings. The molecule has 1 nitrogen and oxygen atoms in total. The largest absolute Gasteiger partial charge is 0.298 e. The van der Waals surface area contributed by atoms with Gasteiger partial charge in [-0.2, -0.15) is 0 Å². The van der Waals surface area contributed by atoms with Crippen molar-refractivity contribution in [3.63, 3.8) is 0 Å². The Morgan fingerprint density at radius 3 is 2.54 bits per heavy atom. The number of nitrogens with zero attached hydrogens (tertiary/aromatic N) is 1. The van der Waals surface area contributed by atoms with E-state index < -0.39 is 0 Å². The van der Waals surface area contributed by atoms with Crippen LogP contribution >= 0.6 is 0 Å². The average Bonchev–Trinajstić information content (AvgIpc) is 2.76. The van der Waals surface area contributed by atoms with E-state index in [0.29, 0.717) is 0 Å². The minimum atomic E-state index is 0.887. The number of unbranched alkanes of at least 4 members (excludes halogenated alkanes) is 3. The average molecular weight is 183 g/mol. The highest BCUT2D eigenvalue weighted by Crippen LogP contribution is 2.20. The van der Waals surface area contributed by atoms with Gasteiger partial charge in [-0.05, 0) is 19.3 Å². The molecule has 3 unspecified atom stereocenters. The quantitative estimate of drug-likeness (QED) is 0.432. The Balaban J connectivity index is 1.89. The van der Waals surface area contributed by atoms with E-state index in [4.69, 9.17) is 0 Å². The van der Waals surface area contributed by atoms with Gasteiger partial charge in [0.1, 0.15) is 0 Å². The molecule has 0 aromatic carbocycles. The van der Waals surface area contributed by atoms with Crippen LogP contribution in [0.2, 0.25) is 0 Å². The van der Waals surface area contributed by atoms with Gasteiger partial charge in [0.05, 0.1) is 0 Å². The van der Waals surface area contributed by atoms with E-state index in [1.807, 2.05) is 0 Å². The van der Waals surface area contributed by atoms with Crippen molar-refractivity contribution in [2.45, 2.75) is 58.9 Å². The molecule has 1 heteroatoms. The predicted octanol–water partition coefficient (Wildman–Crippen LogP) is 3.30. The van der Waals surface area contributed by atoms with Crippen LogP contribution in [0.25, 0.3) is 0 Å². The van der Waals surface area contributed by atoms with Crippen molar-refractivity contribution in [1.29, 1.82) is 0 Å². The Kier molecular flexibility index (Phi) is 4.79. The smallest absolute Gasteiger partial charge is 0.0195 e. The van der Waals surface area contributed by atoms with Crippen LogP contribution in [-0.4, -0.2) is 24.0 Å². The van der Waals surface area contributed by atoms with Gasteiger partial charge < -0.3 is 0 Å². The molecule has 0 saturated carbocycles. The van der Waals surface area contributed by atoms with Crippen molar-refractivity contribution in [2.24, 2.45) is 5.92 Å². The van der Waals surface area contributed by atoms with Crippen LogP contribution in [0, 0.1) is 5.92 Å². The lowest BCUT2D eigenvalue weighted by Crippen LogP contribution is -2.11. The fourth-order valence-electron chi connectivity index (χ4n) is 1.96. The third-order valence-corrected chi connectivity index (χ3v) is 3.09. The second-order valence-electron chi connectivity index (χ2n) is 4.76. The summed E-state index contributed by atoms with van der Waals surface area (Å²) in [5.74, 6) is 0.918. The first-order valence-corrected chi connectivity index (χ1v) is 5.98. The molecule has 13 heavy (non-hydrogen) atoms. The van der Waals surface area contributed by atoms with Crippen LogP contribution in [0.3, 0.4) is 0 Å².